The summed E-state index contributed by atoms with van der Waals surface area (Å²) in [6.07, 6.45) is 0.393. The van der Waals surface area contributed by atoms with E-state index in [4.69, 9.17) is 4.74 Å². The number of carbonyl (C=O) groups is 2. The number of hydrogen-bond acceptors (Lipinski definition) is 4. The topological polar surface area (TPSA) is 120 Å². The predicted molar refractivity (Wildman–Crippen MR) is 150 cm³/mol. The van der Waals surface area contributed by atoms with Crippen molar-refractivity contribution in [3.8, 4) is 22.4 Å². The number of carbonyl (C=O) groups excluding carboxylic acids is 1. The van der Waals surface area contributed by atoms with Gasteiger partial charge in [-0.2, -0.15) is 0 Å². The number of amides is 1. The fraction of sp³-hybridized carbons (Fsp3) is 0.194. The van der Waals surface area contributed by atoms with Crippen molar-refractivity contribution in [3.05, 3.63) is 95.8 Å². The normalized spacial score (nSPS) is 14.6. The monoisotopic (exact) mass is 520 g/mol. The summed E-state index contributed by atoms with van der Waals surface area (Å²) in [5.41, 5.74) is 6.53. The molecule has 3 aromatic carbocycles. The van der Waals surface area contributed by atoms with Crippen molar-refractivity contribution in [3.63, 3.8) is 0 Å². The van der Waals surface area contributed by atoms with Gasteiger partial charge in [0, 0.05) is 5.56 Å². The molecule has 0 aliphatic heterocycles. The van der Waals surface area contributed by atoms with E-state index in [2.05, 4.69) is 20.3 Å². The SMILES string of the molecule is Cc1nc2[nH]c(-c3ccc(-c4ccc(C5(C(=O)O)CC5)cc4)cc3)c(NC(=O)OC(C)c3ccccc3)c2[nH]1. The van der Waals surface area contributed by atoms with E-state index in [9.17, 15) is 14.7 Å². The number of benzene rings is 3. The van der Waals surface area contributed by atoms with Crippen LogP contribution in [-0.2, 0) is 14.9 Å². The summed E-state index contributed by atoms with van der Waals surface area (Å²) in [6.45, 7) is 3.69. The highest BCUT2D eigenvalue weighted by Crippen LogP contribution is 2.48. The lowest BCUT2D eigenvalue weighted by atomic mass is 9.93. The number of ether oxygens (including phenoxy) is 1. The molecule has 2 aromatic heterocycles. The van der Waals surface area contributed by atoms with Gasteiger partial charge in [0.25, 0.3) is 0 Å². The van der Waals surface area contributed by atoms with E-state index in [1.165, 1.54) is 0 Å². The van der Waals surface area contributed by atoms with Crippen LogP contribution >= 0.6 is 0 Å². The Labute approximate surface area is 225 Å². The maximum atomic E-state index is 12.9. The first-order valence-corrected chi connectivity index (χ1v) is 12.9. The average Bonchev–Trinajstić information content (AvgIpc) is 3.60. The average molecular weight is 521 g/mol. The van der Waals surface area contributed by atoms with Crippen LogP contribution in [0, 0.1) is 6.92 Å². The van der Waals surface area contributed by atoms with Crippen LogP contribution in [0.3, 0.4) is 0 Å². The molecule has 6 rings (SSSR count). The number of hydrogen-bond donors (Lipinski definition) is 4. The predicted octanol–water partition coefficient (Wildman–Crippen LogP) is 6.96. The number of imidazole rings is 1. The van der Waals surface area contributed by atoms with Gasteiger partial charge >= 0.3 is 12.1 Å². The van der Waals surface area contributed by atoms with Crippen LogP contribution in [0.4, 0.5) is 10.5 Å². The second-order valence-electron chi connectivity index (χ2n) is 10.0. The molecule has 1 amide bonds. The number of fused-ring (bicyclic) bond motifs is 1. The van der Waals surface area contributed by atoms with Crippen LogP contribution < -0.4 is 5.32 Å². The van der Waals surface area contributed by atoms with Gasteiger partial charge in [0.05, 0.1) is 16.8 Å². The Kier molecular flexibility index (Phi) is 5.95. The molecule has 4 N–H and O–H groups in total. The minimum atomic E-state index is -0.755. The summed E-state index contributed by atoms with van der Waals surface area (Å²) in [4.78, 5) is 35.6. The van der Waals surface area contributed by atoms with Crippen molar-refractivity contribution in [1.29, 1.82) is 0 Å². The standard InChI is InChI=1S/C31H28N4O4/c1-18(20-6-4-3-5-7-20)39-30(38)35-26-25(34-28-27(26)32-19(2)33-28)23-10-8-21(9-11-23)22-12-14-24(15-13-22)31(16-17-31)29(36)37/h3-15,18,34H,16-17H2,1-2H3,(H,32,33)(H,35,38)(H,36,37). The largest absolute Gasteiger partial charge is 0.481 e. The molecule has 1 atom stereocenters. The number of aryl methyl sites for hydroxylation is 1. The van der Waals surface area contributed by atoms with Crippen molar-refractivity contribution in [1.82, 2.24) is 15.0 Å². The van der Waals surface area contributed by atoms with Crippen LogP contribution in [0.5, 0.6) is 0 Å². The number of aromatic amines is 2. The highest BCUT2D eigenvalue weighted by Gasteiger charge is 2.51. The second-order valence-corrected chi connectivity index (χ2v) is 10.0. The lowest BCUT2D eigenvalue weighted by Gasteiger charge is -2.15. The Balaban J connectivity index is 1.25. The molecule has 1 aliphatic rings. The lowest BCUT2D eigenvalue weighted by Crippen LogP contribution is -2.19. The van der Waals surface area contributed by atoms with Gasteiger partial charge in [-0.05, 0) is 48.9 Å². The Morgan fingerprint density at radius 3 is 2.15 bits per heavy atom. The van der Waals surface area contributed by atoms with Crippen molar-refractivity contribution in [2.24, 2.45) is 0 Å². The summed E-state index contributed by atoms with van der Waals surface area (Å²) in [7, 11) is 0. The van der Waals surface area contributed by atoms with E-state index in [0.29, 0.717) is 35.4 Å². The molecular weight excluding hydrogens is 492 g/mol. The van der Waals surface area contributed by atoms with Gasteiger partial charge in [-0.1, -0.05) is 78.9 Å². The first-order chi connectivity index (χ1) is 18.8. The molecule has 8 heteroatoms. The number of carboxylic acid groups (broad SMARTS) is 1. The zero-order valence-corrected chi connectivity index (χ0v) is 21.6. The van der Waals surface area contributed by atoms with E-state index < -0.39 is 23.6 Å². The van der Waals surface area contributed by atoms with Crippen LogP contribution in [0.1, 0.15) is 42.8 Å². The van der Waals surface area contributed by atoms with Gasteiger partial charge in [0.1, 0.15) is 17.4 Å². The molecule has 8 nitrogen and oxygen atoms in total. The summed E-state index contributed by atoms with van der Waals surface area (Å²) < 4.78 is 5.65. The number of aromatic nitrogens is 3. The van der Waals surface area contributed by atoms with Crippen LogP contribution in [0.2, 0.25) is 0 Å². The summed E-state index contributed by atoms with van der Waals surface area (Å²) in [5.74, 6) is -0.0270. The quantitative estimate of drug-likeness (QED) is 0.185. The molecule has 1 saturated carbocycles. The number of carboxylic acids is 1. The van der Waals surface area contributed by atoms with Gasteiger partial charge < -0.3 is 19.8 Å². The molecule has 39 heavy (non-hydrogen) atoms. The molecule has 0 radical (unpaired) electrons. The second kappa shape index (κ2) is 9.47. The smallest absolute Gasteiger partial charge is 0.412 e. The third kappa shape index (κ3) is 4.54. The van der Waals surface area contributed by atoms with Crippen LogP contribution in [0.25, 0.3) is 33.5 Å². The third-order valence-corrected chi connectivity index (χ3v) is 7.45. The van der Waals surface area contributed by atoms with Gasteiger partial charge in [0.2, 0.25) is 0 Å². The number of nitrogens with one attached hydrogen (secondary N) is 3. The van der Waals surface area contributed by atoms with Crippen molar-refractivity contribution >= 4 is 28.9 Å². The van der Waals surface area contributed by atoms with E-state index in [1.54, 1.807) is 0 Å². The third-order valence-electron chi connectivity index (χ3n) is 7.45. The number of nitrogens with zero attached hydrogens (tertiary/aromatic N) is 1. The molecule has 1 fully saturated rings. The molecule has 5 aromatic rings. The fourth-order valence-electron chi connectivity index (χ4n) is 5.06. The fourth-order valence-corrected chi connectivity index (χ4v) is 5.06. The Hall–Kier alpha value is -4.85. The van der Waals surface area contributed by atoms with Crippen LogP contribution in [0.15, 0.2) is 78.9 Å². The molecule has 0 saturated heterocycles. The maximum Gasteiger partial charge on any atom is 0.412 e. The minimum Gasteiger partial charge on any atom is -0.481 e. The molecule has 1 unspecified atom stereocenters. The zero-order chi connectivity index (χ0) is 27.1. The number of anilines is 1. The summed E-state index contributed by atoms with van der Waals surface area (Å²) in [6, 6.07) is 25.3. The molecule has 0 spiro atoms. The van der Waals surface area contributed by atoms with Gasteiger partial charge in [-0.25, -0.2) is 9.78 Å². The first kappa shape index (κ1) is 24.5. The highest BCUT2D eigenvalue weighted by molar-refractivity contribution is 6.04. The zero-order valence-electron chi connectivity index (χ0n) is 21.6. The van der Waals surface area contributed by atoms with Crippen molar-refractivity contribution in [2.45, 2.75) is 38.2 Å². The molecule has 196 valence electrons. The highest BCUT2D eigenvalue weighted by atomic mass is 16.6. The van der Waals surface area contributed by atoms with Crippen LogP contribution in [-0.4, -0.2) is 32.1 Å². The first-order valence-electron chi connectivity index (χ1n) is 12.9. The molecule has 0 bridgehead atoms. The molecular formula is C31H28N4O4. The van der Waals surface area contributed by atoms with E-state index in [-0.39, 0.29) is 0 Å². The van der Waals surface area contributed by atoms with Gasteiger partial charge in [-0.3, -0.25) is 10.1 Å². The van der Waals surface area contributed by atoms with E-state index >= 15 is 0 Å². The number of H-pyrrole nitrogens is 2. The lowest BCUT2D eigenvalue weighted by molar-refractivity contribution is -0.140. The molecule has 1 aliphatic carbocycles. The Morgan fingerprint density at radius 2 is 1.54 bits per heavy atom. The van der Waals surface area contributed by atoms with E-state index in [1.807, 2.05) is 92.7 Å². The molecule has 2 heterocycles. The van der Waals surface area contributed by atoms with Gasteiger partial charge in [0.15, 0.2) is 5.65 Å². The minimum absolute atomic E-state index is 0.413. The summed E-state index contributed by atoms with van der Waals surface area (Å²) in [5, 5.41) is 12.5. The maximum absolute atomic E-state index is 12.9. The summed E-state index contributed by atoms with van der Waals surface area (Å²) >= 11 is 0. The number of aliphatic carboxylic acids is 1. The van der Waals surface area contributed by atoms with Crippen molar-refractivity contribution < 1.29 is 19.4 Å². The van der Waals surface area contributed by atoms with Gasteiger partial charge in [-0.15, -0.1) is 0 Å². The Morgan fingerprint density at radius 1 is 0.923 bits per heavy atom. The number of rotatable bonds is 7. The Bertz CT molecular complexity index is 1660. The van der Waals surface area contributed by atoms with Crippen molar-refractivity contribution in [2.75, 3.05) is 5.32 Å². The van der Waals surface area contributed by atoms with E-state index in [0.717, 1.165) is 33.6 Å².